The normalized spacial score (nSPS) is 10.2. The molecule has 68 valence electrons. The van der Waals surface area contributed by atoms with E-state index >= 15 is 0 Å². The molecule has 0 atom stereocenters. The number of hydrogen-bond donors (Lipinski definition) is 0. The fourth-order valence-electron chi connectivity index (χ4n) is 0.678. The topological polar surface area (TPSA) is 29.0 Å². The van der Waals surface area contributed by atoms with Crippen LogP contribution >= 0.6 is 23.3 Å². The quantitative estimate of drug-likeness (QED) is 0.747. The second kappa shape index (κ2) is 4.67. The molecule has 12 heavy (non-hydrogen) atoms. The Morgan fingerprint density at radius 1 is 1.50 bits per heavy atom. The number of anilines is 1. The lowest BCUT2D eigenvalue weighted by Gasteiger charge is -2.03. The Bertz CT molecular complexity index is 234. The molecule has 0 spiro atoms. The predicted octanol–water partition coefficient (Wildman–Crippen LogP) is 1.86. The van der Waals surface area contributed by atoms with Gasteiger partial charge < -0.3 is 4.90 Å². The number of aromatic nitrogens is 2. The largest absolute Gasteiger partial charge is 0.353 e. The SMILES string of the molecule is CCSCc1nsc(N(C)C)n1. The van der Waals surface area contributed by atoms with Gasteiger partial charge in [-0.3, -0.25) is 0 Å². The van der Waals surface area contributed by atoms with Gasteiger partial charge in [-0.05, 0) is 5.75 Å². The van der Waals surface area contributed by atoms with Gasteiger partial charge in [0, 0.05) is 25.6 Å². The van der Waals surface area contributed by atoms with Crippen molar-refractivity contribution < 1.29 is 0 Å². The molecule has 0 unspecified atom stereocenters. The van der Waals surface area contributed by atoms with E-state index in [0.717, 1.165) is 22.5 Å². The van der Waals surface area contributed by atoms with Crippen LogP contribution in [0.2, 0.25) is 0 Å². The van der Waals surface area contributed by atoms with Crippen molar-refractivity contribution >= 4 is 28.4 Å². The van der Waals surface area contributed by atoms with E-state index in [1.807, 2.05) is 30.8 Å². The lowest BCUT2D eigenvalue weighted by molar-refractivity contribution is 1.06. The fourth-order valence-corrected chi connectivity index (χ4v) is 1.88. The summed E-state index contributed by atoms with van der Waals surface area (Å²) >= 11 is 3.31. The van der Waals surface area contributed by atoms with Gasteiger partial charge >= 0.3 is 0 Å². The van der Waals surface area contributed by atoms with Gasteiger partial charge in [0.1, 0.15) is 0 Å². The molecule has 0 aliphatic rings. The second-order valence-electron chi connectivity index (χ2n) is 2.52. The molecule has 0 bridgehead atoms. The van der Waals surface area contributed by atoms with Gasteiger partial charge in [-0.1, -0.05) is 6.92 Å². The summed E-state index contributed by atoms with van der Waals surface area (Å²) in [5.41, 5.74) is 0. The molecule has 0 aliphatic carbocycles. The molecular formula is C7H13N3S2. The minimum Gasteiger partial charge on any atom is -0.353 e. The van der Waals surface area contributed by atoms with Crippen molar-refractivity contribution in [3.8, 4) is 0 Å². The average Bonchev–Trinajstić information content (AvgIpc) is 2.48. The molecule has 0 radical (unpaired) electrons. The maximum atomic E-state index is 4.36. The summed E-state index contributed by atoms with van der Waals surface area (Å²) in [6.07, 6.45) is 0. The average molecular weight is 203 g/mol. The Morgan fingerprint density at radius 2 is 2.25 bits per heavy atom. The highest BCUT2D eigenvalue weighted by atomic mass is 32.2. The highest BCUT2D eigenvalue weighted by molar-refractivity contribution is 7.98. The van der Waals surface area contributed by atoms with Crippen molar-refractivity contribution in [1.29, 1.82) is 0 Å². The van der Waals surface area contributed by atoms with Crippen LogP contribution in [0.15, 0.2) is 0 Å². The van der Waals surface area contributed by atoms with E-state index in [1.165, 1.54) is 11.5 Å². The van der Waals surface area contributed by atoms with Crippen LogP contribution in [-0.4, -0.2) is 29.2 Å². The molecule has 1 heterocycles. The van der Waals surface area contributed by atoms with Crippen LogP contribution < -0.4 is 4.90 Å². The molecule has 0 saturated heterocycles. The maximum Gasteiger partial charge on any atom is 0.204 e. The summed E-state index contributed by atoms with van der Waals surface area (Å²) in [7, 11) is 3.97. The van der Waals surface area contributed by atoms with Crippen molar-refractivity contribution in [2.75, 3.05) is 24.7 Å². The second-order valence-corrected chi connectivity index (χ2v) is 4.53. The number of thioether (sulfide) groups is 1. The first-order valence-corrected chi connectivity index (χ1v) is 5.74. The zero-order valence-corrected chi connectivity index (χ0v) is 9.21. The van der Waals surface area contributed by atoms with Crippen molar-refractivity contribution in [1.82, 2.24) is 9.36 Å². The predicted molar refractivity (Wildman–Crippen MR) is 56.1 cm³/mol. The van der Waals surface area contributed by atoms with E-state index in [-0.39, 0.29) is 0 Å². The summed E-state index contributed by atoms with van der Waals surface area (Å²) < 4.78 is 4.24. The molecule has 0 aromatic carbocycles. The summed E-state index contributed by atoms with van der Waals surface area (Å²) in [4.78, 5) is 6.34. The number of rotatable bonds is 4. The van der Waals surface area contributed by atoms with Crippen LogP contribution in [0.3, 0.4) is 0 Å². The van der Waals surface area contributed by atoms with Crippen LogP contribution in [0.25, 0.3) is 0 Å². The Morgan fingerprint density at radius 3 is 2.75 bits per heavy atom. The lowest BCUT2D eigenvalue weighted by Crippen LogP contribution is -2.07. The van der Waals surface area contributed by atoms with Gasteiger partial charge in [-0.2, -0.15) is 16.1 Å². The Labute approximate surface area is 81.4 Å². The summed E-state index contributed by atoms with van der Waals surface area (Å²) in [5.74, 6) is 3.01. The molecule has 1 aromatic rings. The van der Waals surface area contributed by atoms with Crippen molar-refractivity contribution in [2.24, 2.45) is 0 Å². The monoisotopic (exact) mass is 203 g/mol. The van der Waals surface area contributed by atoms with E-state index in [0.29, 0.717) is 0 Å². The van der Waals surface area contributed by atoms with Crippen LogP contribution in [-0.2, 0) is 5.75 Å². The van der Waals surface area contributed by atoms with Gasteiger partial charge in [-0.15, -0.1) is 0 Å². The maximum absolute atomic E-state index is 4.36. The molecule has 0 N–H and O–H groups in total. The van der Waals surface area contributed by atoms with Crippen LogP contribution in [0.5, 0.6) is 0 Å². The standard InChI is InChI=1S/C7H13N3S2/c1-4-11-5-6-8-7(10(2)3)12-9-6/h4-5H2,1-3H3. The first-order valence-electron chi connectivity index (χ1n) is 3.81. The van der Waals surface area contributed by atoms with E-state index < -0.39 is 0 Å². The first-order chi connectivity index (χ1) is 5.74. The lowest BCUT2D eigenvalue weighted by atomic mass is 10.7. The summed E-state index contributed by atoms with van der Waals surface area (Å²) in [6, 6.07) is 0. The van der Waals surface area contributed by atoms with Crippen molar-refractivity contribution in [3.05, 3.63) is 5.82 Å². The number of nitrogens with zero attached hydrogens (tertiary/aromatic N) is 3. The Kier molecular flexibility index (Phi) is 3.81. The van der Waals surface area contributed by atoms with Crippen LogP contribution in [0.4, 0.5) is 5.13 Å². The zero-order valence-electron chi connectivity index (χ0n) is 7.57. The van der Waals surface area contributed by atoms with E-state index in [9.17, 15) is 0 Å². The minimum absolute atomic E-state index is 0.931. The van der Waals surface area contributed by atoms with Crippen LogP contribution in [0.1, 0.15) is 12.7 Å². The van der Waals surface area contributed by atoms with Gasteiger partial charge in [0.05, 0.1) is 5.75 Å². The molecule has 0 aliphatic heterocycles. The molecule has 5 heteroatoms. The van der Waals surface area contributed by atoms with E-state index in [4.69, 9.17) is 0 Å². The third kappa shape index (κ3) is 2.64. The third-order valence-corrected chi connectivity index (χ3v) is 3.07. The van der Waals surface area contributed by atoms with Gasteiger partial charge in [-0.25, -0.2) is 4.98 Å². The third-order valence-electron chi connectivity index (χ3n) is 1.28. The van der Waals surface area contributed by atoms with Gasteiger partial charge in [0.15, 0.2) is 5.82 Å². The molecule has 3 nitrogen and oxygen atoms in total. The molecule has 1 aromatic heterocycles. The summed E-state index contributed by atoms with van der Waals surface area (Å²) in [6.45, 7) is 2.14. The van der Waals surface area contributed by atoms with Gasteiger partial charge in [0.25, 0.3) is 0 Å². The molecule has 0 saturated carbocycles. The first kappa shape index (κ1) is 9.80. The van der Waals surface area contributed by atoms with Crippen molar-refractivity contribution in [3.63, 3.8) is 0 Å². The highest BCUT2D eigenvalue weighted by Crippen LogP contribution is 2.17. The van der Waals surface area contributed by atoms with Crippen LogP contribution in [0, 0.1) is 0 Å². The van der Waals surface area contributed by atoms with Crippen molar-refractivity contribution in [2.45, 2.75) is 12.7 Å². The molecule has 0 amide bonds. The van der Waals surface area contributed by atoms with Gasteiger partial charge in [0.2, 0.25) is 5.13 Å². The molecule has 0 fully saturated rings. The van der Waals surface area contributed by atoms with E-state index in [1.54, 1.807) is 0 Å². The smallest absolute Gasteiger partial charge is 0.204 e. The highest BCUT2D eigenvalue weighted by Gasteiger charge is 2.04. The zero-order chi connectivity index (χ0) is 8.97. The Hall–Kier alpha value is -0.290. The Balaban J connectivity index is 2.52. The fraction of sp³-hybridized carbons (Fsp3) is 0.714. The summed E-state index contributed by atoms with van der Waals surface area (Å²) in [5, 5.41) is 0.988. The number of hydrogen-bond acceptors (Lipinski definition) is 5. The molecule has 1 rings (SSSR count). The minimum atomic E-state index is 0.931. The molecular weight excluding hydrogens is 190 g/mol. The van der Waals surface area contributed by atoms with E-state index in [2.05, 4.69) is 16.3 Å².